The lowest BCUT2D eigenvalue weighted by Gasteiger charge is -2.15. The second kappa shape index (κ2) is 11.0. The number of nitrogens with zero attached hydrogens (tertiary/aromatic N) is 2. The molecule has 3 aromatic rings. The van der Waals surface area contributed by atoms with E-state index < -0.39 is 30.1 Å². The Labute approximate surface area is 198 Å². The summed E-state index contributed by atoms with van der Waals surface area (Å²) in [5.74, 6) is -2.03. The Balaban J connectivity index is 1.74. The highest BCUT2D eigenvalue weighted by molar-refractivity contribution is 6.03. The third kappa shape index (κ3) is 6.81. The molecule has 186 valence electrons. The number of carbonyl (C=O) groups excluding carboxylic acids is 2. The molecule has 0 saturated carbocycles. The molecule has 0 aliphatic rings. The molecule has 0 spiro atoms. The van der Waals surface area contributed by atoms with Crippen LogP contribution in [0.15, 0.2) is 53.3 Å². The van der Waals surface area contributed by atoms with Crippen molar-refractivity contribution < 1.29 is 32.2 Å². The molecule has 1 heterocycles. The molecule has 11 heteroatoms. The summed E-state index contributed by atoms with van der Waals surface area (Å²) >= 11 is 0. The summed E-state index contributed by atoms with van der Waals surface area (Å²) in [7, 11) is 0. The van der Waals surface area contributed by atoms with Crippen molar-refractivity contribution in [1.82, 2.24) is 9.78 Å². The maximum Gasteiger partial charge on any atom is 0.573 e. The van der Waals surface area contributed by atoms with Gasteiger partial charge in [0.05, 0.1) is 5.39 Å². The smallest absolute Gasteiger partial charge is 0.448 e. The molecule has 2 aromatic carbocycles. The van der Waals surface area contributed by atoms with E-state index in [-0.39, 0.29) is 16.9 Å². The van der Waals surface area contributed by atoms with Crippen molar-refractivity contribution in [3.05, 3.63) is 64.6 Å². The number of hydrogen-bond acceptors (Lipinski definition) is 6. The Morgan fingerprint density at radius 2 is 1.71 bits per heavy atom. The highest BCUT2D eigenvalue weighted by Crippen LogP contribution is 2.24. The van der Waals surface area contributed by atoms with E-state index in [1.54, 1.807) is 24.3 Å². The van der Waals surface area contributed by atoms with Crippen molar-refractivity contribution in [1.29, 1.82) is 0 Å². The Morgan fingerprint density at radius 3 is 2.34 bits per heavy atom. The Morgan fingerprint density at radius 1 is 1.06 bits per heavy atom. The van der Waals surface area contributed by atoms with Gasteiger partial charge in [-0.15, -0.1) is 13.2 Å². The molecule has 1 amide bonds. The van der Waals surface area contributed by atoms with Crippen LogP contribution in [0.3, 0.4) is 0 Å². The summed E-state index contributed by atoms with van der Waals surface area (Å²) in [5, 5.41) is 7.27. The van der Waals surface area contributed by atoms with E-state index in [4.69, 9.17) is 4.74 Å². The maximum atomic E-state index is 12.9. The summed E-state index contributed by atoms with van der Waals surface area (Å²) < 4.78 is 47.1. The molecular weight excluding hydrogens is 467 g/mol. The number of alkyl halides is 3. The van der Waals surface area contributed by atoms with Crippen molar-refractivity contribution in [3.8, 4) is 5.75 Å². The van der Waals surface area contributed by atoms with Gasteiger partial charge in [0.25, 0.3) is 11.5 Å². The normalized spacial score (nSPS) is 12.3. The Hall–Kier alpha value is -3.89. The number of anilines is 1. The number of fused-ring (bicyclic) bond motifs is 1. The molecule has 0 bridgehead atoms. The lowest BCUT2D eigenvalue weighted by atomic mass is 10.1. The largest absolute Gasteiger partial charge is 0.573 e. The lowest BCUT2D eigenvalue weighted by Crippen LogP contribution is -2.32. The van der Waals surface area contributed by atoms with Gasteiger partial charge < -0.3 is 14.8 Å². The van der Waals surface area contributed by atoms with Crippen molar-refractivity contribution in [3.63, 3.8) is 0 Å². The number of hydrogen-bond donors (Lipinski definition) is 1. The lowest BCUT2D eigenvalue weighted by molar-refractivity contribution is -0.274. The minimum atomic E-state index is -4.83. The van der Waals surface area contributed by atoms with Crippen molar-refractivity contribution in [2.45, 2.75) is 52.1 Å². The van der Waals surface area contributed by atoms with Crippen LogP contribution >= 0.6 is 0 Å². The van der Waals surface area contributed by atoms with Crippen molar-refractivity contribution in [2.75, 3.05) is 5.32 Å². The van der Waals surface area contributed by atoms with Crippen LogP contribution in [0, 0.1) is 0 Å². The van der Waals surface area contributed by atoms with Gasteiger partial charge in [-0.3, -0.25) is 9.59 Å². The highest BCUT2D eigenvalue weighted by Gasteiger charge is 2.31. The first-order chi connectivity index (χ1) is 16.6. The van der Waals surface area contributed by atoms with Crippen LogP contribution in [0.2, 0.25) is 0 Å². The SMILES string of the molecule is CCCCCn1nc(C(=O)OC(C)C(=O)Nc2ccc(OC(F)(F)F)cc2)c2ccccc2c1=O. The molecule has 35 heavy (non-hydrogen) atoms. The molecule has 0 saturated heterocycles. The number of carbonyl (C=O) groups is 2. The molecule has 8 nitrogen and oxygen atoms in total. The van der Waals surface area contributed by atoms with Gasteiger partial charge in [0.2, 0.25) is 0 Å². The highest BCUT2D eigenvalue weighted by atomic mass is 19.4. The number of aromatic nitrogens is 2. The number of benzene rings is 2. The van der Waals surface area contributed by atoms with Crippen LogP contribution < -0.4 is 15.6 Å². The number of aryl methyl sites for hydroxylation is 1. The van der Waals surface area contributed by atoms with Crippen LogP contribution in [-0.4, -0.2) is 34.1 Å². The van der Waals surface area contributed by atoms with E-state index in [1.807, 2.05) is 6.92 Å². The first-order valence-corrected chi connectivity index (χ1v) is 11.0. The minimum Gasteiger partial charge on any atom is -0.448 e. The number of nitrogens with one attached hydrogen (secondary N) is 1. The van der Waals surface area contributed by atoms with Crippen LogP contribution in [0.4, 0.5) is 18.9 Å². The van der Waals surface area contributed by atoms with Crippen LogP contribution in [0.25, 0.3) is 10.8 Å². The first kappa shape index (κ1) is 25.7. The molecular formula is C24H24F3N3O5. The average molecular weight is 491 g/mol. The number of esters is 1. The van der Waals surface area contributed by atoms with Crippen LogP contribution in [-0.2, 0) is 16.1 Å². The summed E-state index contributed by atoms with van der Waals surface area (Å²) in [5.41, 5.74) is -0.234. The molecule has 1 N–H and O–H groups in total. The monoisotopic (exact) mass is 491 g/mol. The minimum absolute atomic E-state index is 0.0926. The molecule has 0 radical (unpaired) electrons. The summed E-state index contributed by atoms with van der Waals surface area (Å²) in [6.07, 6.45) is -3.54. The molecule has 0 aliphatic carbocycles. The number of unbranched alkanes of at least 4 members (excludes halogenated alkanes) is 2. The fraction of sp³-hybridized carbons (Fsp3) is 0.333. The third-order valence-electron chi connectivity index (χ3n) is 5.04. The first-order valence-electron chi connectivity index (χ1n) is 11.0. The molecule has 1 unspecified atom stereocenters. The van der Waals surface area contributed by atoms with Gasteiger partial charge in [-0.05, 0) is 43.7 Å². The average Bonchev–Trinajstić information content (AvgIpc) is 2.81. The number of halogens is 3. The second-order valence-electron chi connectivity index (χ2n) is 7.74. The van der Waals surface area contributed by atoms with Crippen molar-refractivity contribution in [2.24, 2.45) is 0 Å². The standard InChI is InChI=1S/C24H24F3N3O5/c1-3-4-7-14-30-22(32)19-9-6-5-8-18(19)20(29-30)23(33)34-15(2)21(31)28-16-10-12-17(13-11-16)35-24(25,26)27/h5-6,8-13,15H,3-4,7,14H2,1-2H3,(H,28,31). The zero-order valence-electron chi connectivity index (χ0n) is 19.1. The second-order valence-corrected chi connectivity index (χ2v) is 7.74. The Bertz CT molecular complexity index is 1260. The van der Waals surface area contributed by atoms with E-state index in [0.29, 0.717) is 23.7 Å². The fourth-order valence-electron chi connectivity index (χ4n) is 3.30. The van der Waals surface area contributed by atoms with Gasteiger partial charge in [0.1, 0.15) is 5.75 Å². The topological polar surface area (TPSA) is 99.5 Å². The molecule has 1 aromatic heterocycles. The number of amides is 1. The fourth-order valence-corrected chi connectivity index (χ4v) is 3.30. The van der Waals surface area contributed by atoms with Gasteiger partial charge in [0.15, 0.2) is 11.8 Å². The van der Waals surface area contributed by atoms with Gasteiger partial charge in [-0.1, -0.05) is 38.0 Å². The quantitative estimate of drug-likeness (QED) is 0.345. The predicted molar refractivity (Wildman–Crippen MR) is 122 cm³/mol. The third-order valence-corrected chi connectivity index (χ3v) is 5.04. The van der Waals surface area contributed by atoms with Crippen LogP contribution in [0.5, 0.6) is 5.75 Å². The summed E-state index contributed by atoms with van der Waals surface area (Å²) in [4.78, 5) is 38.1. The van der Waals surface area contributed by atoms with Gasteiger partial charge in [-0.2, -0.15) is 5.10 Å². The van der Waals surface area contributed by atoms with E-state index in [2.05, 4.69) is 15.2 Å². The number of rotatable bonds is 9. The molecule has 0 aliphatic heterocycles. The molecule has 1 atom stereocenters. The van der Waals surface area contributed by atoms with Crippen LogP contribution in [0.1, 0.15) is 43.6 Å². The maximum absolute atomic E-state index is 12.9. The van der Waals surface area contributed by atoms with E-state index in [9.17, 15) is 27.6 Å². The van der Waals surface area contributed by atoms with E-state index in [1.165, 1.54) is 23.7 Å². The summed E-state index contributed by atoms with van der Waals surface area (Å²) in [6.45, 7) is 3.70. The molecule has 3 rings (SSSR count). The predicted octanol–water partition coefficient (Wildman–Crippen LogP) is 4.67. The van der Waals surface area contributed by atoms with Gasteiger partial charge >= 0.3 is 12.3 Å². The molecule has 0 fully saturated rings. The zero-order valence-corrected chi connectivity index (χ0v) is 19.1. The zero-order chi connectivity index (χ0) is 25.6. The van der Waals surface area contributed by atoms with Gasteiger partial charge in [0, 0.05) is 17.6 Å². The van der Waals surface area contributed by atoms with Gasteiger partial charge in [-0.25, -0.2) is 9.48 Å². The van der Waals surface area contributed by atoms with Crippen molar-refractivity contribution >= 4 is 28.3 Å². The Kier molecular flexibility index (Phi) is 8.10. The van der Waals surface area contributed by atoms with E-state index >= 15 is 0 Å². The summed E-state index contributed by atoms with van der Waals surface area (Å²) in [6, 6.07) is 11.0. The number of ether oxygens (including phenoxy) is 2. The van der Waals surface area contributed by atoms with E-state index in [0.717, 1.165) is 25.0 Å².